The van der Waals surface area contributed by atoms with Gasteiger partial charge >= 0.3 is 0 Å². The van der Waals surface area contributed by atoms with Crippen LogP contribution in [0.4, 0.5) is 5.69 Å². The second-order valence-corrected chi connectivity index (χ2v) is 12.0. The minimum atomic E-state index is 0.624. The Morgan fingerprint density at radius 2 is 1.08 bits per heavy atom. The lowest BCUT2D eigenvalue weighted by Gasteiger charge is -2.16. The monoisotopic (exact) mass is 610 g/mol. The minimum absolute atomic E-state index is 0.624. The van der Waals surface area contributed by atoms with Crippen molar-refractivity contribution < 1.29 is 0 Å². The van der Waals surface area contributed by atoms with Gasteiger partial charge in [0.2, 0.25) is 0 Å². The summed E-state index contributed by atoms with van der Waals surface area (Å²) in [6.07, 6.45) is 0. The third kappa shape index (κ3) is 4.14. The predicted molar refractivity (Wildman–Crippen MR) is 197 cm³/mol. The van der Waals surface area contributed by atoms with Crippen LogP contribution in [0.5, 0.6) is 0 Å². The zero-order valence-electron chi connectivity index (χ0n) is 25.8. The number of hydrogen-bond acceptors (Lipinski definition) is 1. The molecule has 0 fully saturated rings. The first-order valence-corrected chi connectivity index (χ1v) is 15.9. The first-order valence-electron chi connectivity index (χ1n) is 15.9. The number of benzene rings is 7. The van der Waals surface area contributed by atoms with Gasteiger partial charge in [-0.2, -0.15) is 5.26 Å². The number of hydrogen-bond donors (Lipinski definition) is 0. The van der Waals surface area contributed by atoms with Crippen LogP contribution in [0.1, 0.15) is 5.56 Å². The van der Waals surface area contributed by atoms with E-state index in [2.05, 4.69) is 141 Å². The molecule has 9 aromatic rings. The van der Waals surface area contributed by atoms with Gasteiger partial charge in [0, 0.05) is 33.0 Å². The van der Waals surface area contributed by atoms with Crippen molar-refractivity contribution in [2.45, 2.75) is 0 Å². The van der Waals surface area contributed by atoms with Crippen LogP contribution in [0, 0.1) is 17.9 Å². The second kappa shape index (κ2) is 10.9. The lowest BCUT2D eigenvalue weighted by molar-refractivity contribution is 1.18. The number of nitrogens with zero attached hydrogens (tertiary/aromatic N) is 4. The maximum absolute atomic E-state index is 10.3. The molecule has 0 aliphatic carbocycles. The third-order valence-electron chi connectivity index (χ3n) is 9.38. The molecule has 0 N–H and O–H groups in total. The number of fused-ring (bicyclic) bond motifs is 6. The van der Waals surface area contributed by atoms with E-state index >= 15 is 0 Å². The van der Waals surface area contributed by atoms with E-state index in [0.29, 0.717) is 11.3 Å². The van der Waals surface area contributed by atoms with Gasteiger partial charge in [0.15, 0.2) is 5.69 Å². The van der Waals surface area contributed by atoms with Gasteiger partial charge in [-0.3, -0.25) is 0 Å². The van der Waals surface area contributed by atoms with Crippen LogP contribution in [0.15, 0.2) is 158 Å². The zero-order chi connectivity index (χ0) is 32.2. The van der Waals surface area contributed by atoms with Gasteiger partial charge in [-0.15, -0.1) is 0 Å². The van der Waals surface area contributed by atoms with Gasteiger partial charge in [0.1, 0.15) is 0 Å². The standard InChI is InChI=1S/C44H26N4/c1-46-32-23-24-44-39(27-32)37-16-5-9-20-43(37)48(44)40-17-6-2-13-34(40)30-21-22-31(28-45)38(26-30)29-11-10-12-33(25-29)47-41-18-7-3-14-35(41)36-15-4-8-19-42(36)47/h2-27H. The van der Waals surface area contributed by atoms with Gasteiger partial charge in [-0.25, -0.2) is 4.85 Å². The highest BCUT2D eigenvalue weighted by molar-refractivity contribution is 6.11. The van der Waals surface area contributed by atoms with Gasteiger partial charge in [-0.05, 0) is 77.2 Å². The van der Waals surface area contributed by atoms with E-state index in [1.54, 1.807) is 0 Å². The molecule has 0 amide bonds. The lowest BCUT2D eigenvalue weighted by atomic mass is 9.94. The molecule has 0 saturated heterocycles. The Morgan fingerprint density at radius 3 is 1.79 bits per heavy atom. The Bertz CT molecular complexity index is 2760. The van der Waals surface area contributed by atoms with Gasteiger partial charge in [0.05, 0.1) is 46.0 Å². The van der Waals surface area contributed by atoms with Gasteiger partial charge < -0.3 is 9.13 Å². The molecule has 2 aromatic heterocycles. The van der Waals surface area contributed by atoms with Crippen molar-refractivity contribution >= 4 is 49.3 Å². The summed E-state index contributed by atoms with van der Waals surface area (Å²) in [7, 11) is 0. The summed E-state index contributed by atoms with van der Waals surface area (Å²) >= 11 is 0. The topological polar surface area (TPSA) is 38.0 Å². The molecule has 48 heavy (non-hydrogen) atoms. The highest BCUT2D eigenvalue weighted by Crippen LogP contribution is 2.39. The molecule has 0 radical (unpaired) electrons. The van der Waals surface area contributed by atoms with Crippen molar-refractivity contribution in [1.82, 2.24) is 9.13 Å². The summed E-state index contributed by atoms with van der Waals surface area (Å²) in [5, 5.41) is 14.9. The average molecular weight is 611 g/mol. The highest BCUT2D eigenvalue weighted by atomic mass is 15.0. The third-order valence-corrected chi connectivity index (χ3v) is 9.38. The SMILES string of the molecule is [C-]#[N+]c1ccc2c(c1)c1ccccc1n2-c1ccccc1-c1ccc(C#N)c(-c2cccc(-n3c4ccccc4c4ccccc43)c2)c1. The fourth-order valence-electron chi connectivity index (χ4n) is 7.26. The largest absolute Gasteiger partial charge is 0.309 e. The summed E-state index contributed by atoms with van der Waals surface area (Å²) in [6.45, 7) is 7.59. The van der Waals surface area contributed by atoms with E-state index in [9.17, 15) is 5.26 Å². The molecule has 9 rings (SSSR count). The number of aromatic nitrogens is 2. The van der Waals surface area contributed by atoms with Crippen molar-refractivity contribution in [2.75, 3.05) is 0 Å². The van der Waals surface area contributed by atoms with Crippen LogP contribution >= 0.6 is 0 Å². The number of rotatable bonds is 4. The fourth-order valence-corrected chi connectivity index (χ4v) is 7.26. The van der Waals surface area contributed by atoms with Crippen LogP contribution in [0.2, 0.25) is 0 Å². The van der Waals surface area contributed by atoms with E-state index in [1.165, 1.54) is 10.8 Å². The molecule has 0 unspecified atom stereocenters. The molecule has 4 heteroatoms. The molecule has 0 aliphatic rings. The van der Waals surface area contributed by atoms with Crippen molar-refractivity contribution in [3.63, 3.8) is 0 Å². The van der Waals surface area contributed by atoms with Crippen LogP contribution in [-0.4, -0.2) is 9.13 Å². The molecule has 0 atom stereocenters. The van der Waals surface area contributed by atoms with Crippen molar-refractivity contribution in [3.8, 4) is 39.7 Å². The second-order valence-electron chi connectivity index (χ2n) is 12.0. The van der Waals surface area contributed by atoms with Gasteiger partial charge in [0.25, 0.3) is 0 Å². The molecule has 0 bridgehead atoms. The Balaban J connectivity index is 1.24. The van der Waals surface area contributed by atoms with E-state index in [-0.39, 0.29) is 0 Å². The highest BCUT2D eigenvalue weighted by Gasteiger charge is 2.18. The lowest BCUT2D eigenvalue weighted by Crippen LogP contribution is -1.98. The maximum atomic E-state index is 10.3. The van der Waals surface area contributed by atoms with Crippen LogP contribution in [-0.2, 0) is 0 Å². The summed E-state index contributed by atoms with van der Waals surface area (Å²) in [4.78, 5) is 3.69. The average Bonchev–Trinajstić information content (AvgIpc) is 3.67. The Kier molecular flexibility index (Phi) is 6.22. The van der Waals surface area contributed by atoms with E-state index in [4.69, 9.17) is 6.57 Å². The Hall–Kier alpha value is -6.88. The summed E-state index contributed by atoms with van der Waals surface area (Å²) < 4.78 is 4.59. The smallest absolute Gasteiger partial charge is 0.188 e. The molecular formula is C44H26N4. The Labute approximate surface area is 277 Å². The predicted octanol–water partition coefficient (Wildman–Crippen LogP) is 11.6. The van der Waals surface area contributed by atoms with E-state index < -0.39 is 0 Å². The fraction of sp³-hybridized carbons (Fsp3) is 0. The Morgan fingerprint density at radius 1 is 0.479 bits per heavy atom. The molecule has 4 nitrogen and oxygen atoms in total. The molecular weight excluding hydrogens is 585 g/mol. The van der Waals surface area contributed by atoms with Crippen molar-refractivity contribution in [2.24, 2.45) is 0 Å². The summed E-state index contributed by atoms with van der Waals surface area (Å²) in [6, 6.07) is 56.7. The maximum Gasteiger partial charge on any atom is 0.188 e. The molecule has 0 saturated carbocycles. The number of para-hydroxylation sites is 4. The molecule has 2 heterocycles. The first kappa shape index (κ1) is 27.4. The van der Waals surface area contributed by atoms with Crippen LogP contribution < -0.4 is 0 Å². The first-order chi connectivity index (χ1) is 23.7. The van der Waals surface area contributed by atoms with E-state index in [1.807, 2.05) is 36.4 Å². The summed E-state index contributed by atoms with van der Waals surface area (Å²) in [5.41, 5.74) is 11.7. The van der Waals surface area contributed by atoms with Crippen LogP contribution in [0.25, 0.3) is 82.1 Å². The summed E-state index contributed by atoms with van der Waals surface area (Å²) in [5.74, 6) is 0. The molecule has 0 aliphatic heterocycles. The van der Waals surface area contributed by atoms with Crippen molar-refractivity contribution in [3.05, 3.63) is 175 Å². The molecule has 7 aromatic carbocycles. The van der Waals surface area contributed by atoms with Crippen molar-refractivity contribution in [1.29, 1.82) is 5.26 Å². The molecule has 222 valence electrons. The number of nitriles is 1. The molecule has 0 spiro atoms. The van der Waals surface area contributed by atoms with E-state index in [0.717, 1.165) is 66.5 Å². The minimum Gasteiger partial charge on any atom is -0.309 e. The van der Waals surface area contributed by atoms with Gasteiger partial charge in [-0.1, -0.05) is 97.1 Å². The zero-order valence-corrected chi connectivity index (χ0v) is 25.8. The van der Waals surface area contributed by atoms with Crippen LogP contribution in [0.3, 0.4) is 0 Å². The normalized spacial score (nSPS) is 11.3. The quantitative estimate of drug-likeness (QED) is 0.183.